The van der Waals surface area contributed by atoms with Crippen LogP contribution in [0.2, 0.25) is 0 Å². The lowest BCUT2D eigenvalue weighted by molar-refractivity contribution is -0.385. The maximum absolute atomic E-state index is 13.2. The number of hydrogen-bond acceptors (Lipinski definition) is 6. The number of nitro groups is 1. The molecule has 1 unspecified atom stereocenters. The van der Waals surface area contributed by atoms with Crippen LogP contribution in [0.25, 0.3) is 10.9 Å². The molecule has 0 aliphatic rings. The molecule has 3 aromatic rings. The standard InChI is InChI=1S/C21H23Br2N4O5P/c1-15(32-33(30,25-10-8-22)26-11-9-23)16-6-7-20(27(28)29)21(13-16)31-18-12-17-4-2-3-5-19(17)24-14-18/h2-7,12-15H,8-11H2,1H3,(H2,25,26,30). The molecule has 2 N–H and O–H groups in total. The van der Waals surface area contributed by atoms with E-state index < -0.39 is 18.7 Å². The maximum atomic E-state index is 13.2. The summed E-state index contributed by atoms with van der Waals surface area (Å²) in [7, 11) is -3.36. The van der Waals surface area contributed by atoms with Crippen LogP contribution in [0.4, 0.5) is 5.69 Å². The predicted molar refractivity (Wildman–Crippen MR) is 136 cm³/mol. The largest absolute Gasteiger partial charge is 0.448 e. The van der Waals surface area contributed by atoms with Gasteiger partial charge in [0.15, 0.2) is 0 Å². The molecule has 33 heavy (non-hydrogen) atoms. The number of benzene rings is 2. The number of ether oxygens (including phenoxy) is 1. The van der Waals surface area contributed by atoms with Crippen molar-refractivity contribution >= 4 is 56.1 Å². The van der Waals surface area contributed by atoms with Gasteiger partial charge in [0, 0.05) is 35.2 Å². The number of fused-ring (bicyclic) bond motifs is 1. The summed E-state index contributed by atoms with van der Waals surface area (Å²) in [6.45, 7) is 2.59. The number of aromatic nitrogens is 1. The van der Waals surface area contributed by atoms with Crippen LogP contribution in [0.5, 0.6) is 11.5 Å². The van der Waals surface area contributed by atoms with E-state index in [1.54, 1.807) is 19.1 Å². The van der Waals surface area contributed by atoms with Gasteiger partial charge in [0.05, 0.1) is 22.7 Å². The first-order chi connectivity index (χ1) is 15.8. The molecule has 1 atom stereocenters. The molecule has 0 saturated carbocycles. The Morgan fingerprint density at radius 3 is 2.48 bits per heavy atom. The van der Waals surface area contributed by atoms with Crippen LogP contribution >= 0.6 is 39.5 Å². The third kappa shape index (κ3) is 7.05. The Bertz CT molecular complexity index is 1150. The van der Waals surface area contributed by atoms with Crippen LogP contribution in [-0.2, 0) is 9.09 Å². The first-order valence-corrected chi connectivity index (χ1v) is 13.9. The molecule has 3 rings (SSSR count). The van der Waals surface area contributed by atoms with Crippen molar-refractivity contribution in [1.82, 2.24) is 15.2 Å². The lowest BCUT2D eigenvalue weighted by Gasteiger charge is -2.24. The quantitative estimate of drug-likeness (QED) is 0.111. The summed E-state index contributed by atoms with van der Waals surface area (Å²) in [5, 5.41) is 19.4. The van der Waals surface area contributed by atoms with E-state index in [-0.39, 0.29) is 11.4 Å². The van der Waals surface area contributed by atoms with Crippen molar-refractivity contribution in [2.24, 2.45) is 0 Å². The zero-order valence-electron chi connectivity index (χ0n) is 17.7. The Balaban J connectivity index is 1.87. The van der Waals surface area contributed by atoms with Gasteiger partial charge < -0.3 is 4.74 Å². The average molecular weight is 602 g/mol. The highest BCUT2D eigenvalue weighted by Crippen LogP contribution is 2.44. The molecular formula is C21H23Br2N4O5P. The number of pyridine rings is 1. The third-order valence-corrected chi connectivity index (χ3v) is 7.26. The van der Waals surface area contributed by atoms with Crippen LogP contribution < -0.4 is 14.9 Å². The number of nitrogens with one attached hydrogen (secondary N) is 2. The molecule has 12 heteroatoms. The molecule has 9 nitrogen and oxygen atoms in total. The van der Waals surface area contributed by atoms with Crippen molar-refractivity contribution in [3.63, 3.8) is 0 Å². The van der Waals surface area contributed by atoms with Crippen LogP contribution in [0, 0.1) is 10.1 Å². The van der Waals surface area contributed by atoms with Crippen molar-refractivity contribution in [1.29, 1.82) is 0 Å². The lowest BCUT2D eigenvalue weighted by atomic mass is 10.1. The highest BCUT2D eigenvalue weighted by atomic mass is 79.9. The van der Waals surface area contributed by atoms with Crippen molar-refractivity contribution in [3.05, 3.63) is 70.4 Å². The van der Waals surface area contributed by atoms with Gasteiger partial charge in [-0.3, -0.25) is 24.2 Å². The molecule has 176 valence electrons. The number of nitro benzene ring substituents is 1. The third-order valence-electron chi connectivity index (χ3n) is 4.58. The molecule has 0 aliphatic heterocycles. The van der Waals surface area contributed by atoms with E-state index in [4.69, 9.17) is 9.26 Å². The van der Waals surface area contributed by atoms with E-state index in [2.05, 4.69) is 47.0 Å². The summed E-state index contributed by atoms with van der Waals surface area (Å²) in [5.74, 6) is 0.410. The summed E-state index contributed by atoms with van der Waals surface area (Å²) in [6.07, 6.45) is 0.876. The normalized spacial score (nSPS) is 12.6. The Morgan fingerprint density at radius 1 is 1.12 bits per heavy atom. The van der Waals surface area contributed by atoms with Gasteiger partial charge in [-0.05, 0) is 36.8 Å². The second kappa shape index (κ2) is 12.0. The minimum absolute atomic E-state index is 0.0432. The SMILES string of the molecule is CC(OP(=O)(NCCBr)NCCBr)c1ccc([N+](=O)[O-])c(Oc2cnc3ccccc3c2)c1. The fourth-order valence-electron chi connectivity index (χ4n) is 3.04. The van der Waals surface area contributed by atoms with Gasteiger partial charge >= 0.3 is 13.4 Å². The molecule has 1 heterocycles. The highest BCUT2D eigenvalue weighted by Gasteiger charge is 2.27. The monoisotopic (exact) mass is 600 g/mol. The molecule has 0 amide bonds. The summed E-state index contributed by atoms with van der Waals surface area (Å²) in [6, 6.07) is 13.7. The smallest absolute Gasteiger partial charge is 0.341 e. The van der Waals surface area contributed by atoms with Gasteiger partial charge in [-0.2, -0.15) is 0 Å². The van der Waals surface area contributed by atoms with Gasteiger partial charge in [-0.1, -0.05) is 50.1 Å². The second-order valence-electron chi connectivity index (χ2n) is 6.94. The number of para-hydroxylation sites is 1. The van der Waals surface area contributed by atoms with E-state index in [0.717, 1.165) is 10.9 Å². The first kappa shape index (κ1) is 25.7. The number of rotatable bonds is 12. The number of halogens is 2. The summed E-state index contributed by atoms with van der Waals surface area (Å²) in [5.41, 5.74) is 1.17. The first-order valence-electron chi connectivity index (χ1n) is 10.1. The van der Waals surface area contributed by atoms with Crippen molar-refractivity contribution in [3.8, 4) is 11.5 Å². The van der Waals surface area contributed by atoms with Crippen LogP contribution in [0.1, 0.15) is 18.6 Å². The van der Waals surface area contributed by atoms with Crippen LogP contribution in [0.15, 0.2) is 54.7 Å². The summed E-state index contributed by atoms with van der Waals surface area (Å²) in [4.78, 5) is 15.4. The highest BCUT2D eigenvalue weighted by molar-refractivity contribution is 9.09. The van der Waals surface area contributed by atoms with Crippen molar-refractivity contribution in [2.45, 2.75) is 13.0 Å². The number of hydrogen-bond donors (Lipinski definition) is 2. The average Bonchev–Trinajstić information content (AvgIpc) is 2.81. The molecule has 0 bridgehead atoms. The Kier molecular flexibility index (Phi) is 9.37. The Hall–Kier alpha value is -1.88. The van der Waals surface area contributed by atoms with Crippen molar-refractivity contribution in [2.75, 3.05) is 23.7 Å². The second-order valence-corrected chi connectivity index (χ2v) is 10.5. The van der Waals surface area contributed by atoms with Gasteiger partial charge in [0.1, 0.15) is 5.75 Å². The van der Waals surface area contributed by atoms with Gasteiger partial charge in [0.25, 0.3) is 0 Å². The summed E-state index contributed by atoms with van der Waals surface area (Å²) < 4.78 is 24.9. The van der Waals surface area contributed by atoms with Crippen LogP contribution in [-0.4, -0.2) is 33.7 Å². The predicted octanol–water partition coefficient (Wildman–Crippen LogP) is 6.09. The molecule has 0 radical (unpaired) electrons. The van der Waals surface area contributed by atoms with E-state index in [0.29, 0.717) is 35.1 Å². The zero-order chi connectivity index (χ0) is 23.8. The van der Waals surface area contributed by atoms with Gasteiger partial charge in [-0.15, -0.1) is 0 Å². The number of nitrogens with zero attached hydrogens (tertiary/aromatic N) is 2. The minimum atomic E-state index is -3.36. The fraction of sp³-hybridized carbons (Fsp3) is 0.286. The molecular weight excluding hydrogens is 579 g/mol. The summed E-state index contributed by atoms with van der Waals surface area (Å²) >= 11 is 6.59. The van der Waals surface area contributed by atoms with Crippen molar-refractivity contribution < 1.29 is 18.7 Å². The molecule has 0 spiro atoms. The molecule has 0 fully saturated rings. The van der Waals surface area contributed by atoms with Gasteiger partial charge in [-0.25, -0.2) is 10.2 Å². The van der Waals surface area contributed by atoms with E-state index in [9.17, 15) is 14.7 Å². The van der Waals surface area contributed by atoms with E-state index in [1.807, 2.05) is 24.3 Å². The fourth-order valence-corrected chi connectivity index (χ4v) is 5.69. The Morgan fingerprint density at radius 2 is 1.82 bits per heavy atom. The zero-order valence-corrected chi connectivity index (χ0v) is 21.8. The minimum Gasteiger partial charge on any atom is -0.448 e. The molecule has 0 aliphatic carbocycles. The van der Waals surface area contributed by atoms with Crippen LogP contribution in [0.3, 0.4) is 0 Å². The van der Waals surface area contributed by atoms with Gasteiger partial charge in [0.2, 0.25) is 5.75 Å². The Labute approximate surface area is 208 Å². The number of alkyl halides is 2. The lowest BCUT2D eigenvalue weighted by Crippen LogP contribution is -2.27. The van der Waals surface area contributed by atoms with E-state index in [1.165, 1.54) is 18.3 Å². The van der Waals surface area contributed by atoms with E-state index >= 15 is 0 Å². The topological polar surface area (TPSA) is 116 Å². The molecule has 0 saturated heterocycles. The molecule has 2 aromatic carbocycles. The molecule has 1 aromatic heterocycles. The maximum Gasteiger partial charge on any atom is 0.341 e.